The van der Waals surface area contributed by atoms with Gasteiger partial charge < -0.3 is 0 Å². The van der Waals surface area contributed by atoms with Crippen molar-refractivity contribution in [2.75, 3.05) is 5.75 Å². The predicted octanol–water partition coefficient (Wildman–Crippen LogP) is 0.341. The molecule has 5 nitrogen and oxygen atoms in total. The summed E-state index contributed by atoms with van der Waals surface area (Å²) < 4.78 is 22.9. The van der Waals surface area contributed by atoms with Crippen molar-refractivity contribution >= 4 is 15.7 Å². The molecule has 0 aromatic rings. The molecule has 0 aromatic heterocycles. The van der Waals surface area contributed by atoms with E-state index in [2.05, 4.69) is 0 Å². The second-order valence-electron chi connectivity index (χ2n) is 3.67. The number of hydrogen-bond donors (Lipinski definition) is 2. The Morgan fingerprint density at radius 1 is 1.36 bits per heavy atom. The normalized spacial score (nSPS) is 14.1. The zero-order chi connectivity index (χ0) is 11.4. The summed E-state index contributed by atoms with van der Waals surface area (Å²) in [4.78, 5) is 10.9. The Balaban J connectivity index is 4.39. The Kier molecular flexibility index (Phi) is 5.07. The van der Waals surface area contributed by atoms with Gasteiger partial charge >= 0.3 is 0 Å². The average molecular weight is 223 g/mol. The van der Waals surface area contributed by atoms with E-state index in [-0.39, 0.29) is 11.7 Å². The maximum absolute atomic E-state index is 11.5. The van der Waals surface area contributed by atoms with E-state index in [9.17, 15) is 13.2 Å². The van der Waals surface area contributed by atoms with Gasteiger partial charge in [-0.15, -0.1) is 0 Å². The molecule has 1 amide bonds. The summed E-state index contributed by atoms with van der Waals surface area (Å²) in [7, 11) is -3.44. The SMILES string of the molecule is CC(C)CCS(=O)(=O)C(C)C(=O)NO. The van der Waals surface area contributed by atoms with Crippen molar-refractivity contribution in [3.05, 3.63) is 0 Å². The molecule has 0 bridgehead atoms. The number of hydrogen-bond acceptors (Lipinski definition) is 4. The number of carbonyl (C=O) groups excluding carboxylic acids is 1. The van der Waals surface area contributed by atoms with Crippen LogP contribution in [0.25, 0.3) is 0 Å². The van der Waals surface area contributed by atoms with Crippen LogP contribution in [0.3, 0.4) is 0 Å². The molecule has 0 rings (SSSR count). The molecule has 0 aliphatic heterocycles. The number of rotatable bonds is 5. The number of sulfone groups is 1. The van der Waals surface area contributed by atoms with Gasteiger partial charge in [0, 0.05) is 0 Å². The second-order valence-corrected chi connectivity index (χ2v) is 6.11. The highest BCUT2D eigenvalue weighted by molar-refractivity contribution is 7.92. The van der Waals surface area contributed by atoms with Crippen molar-refractivity contribution < 1.29 is 18.4 Å². The lowest BCUT2D eigenvalue weighted by molar-refractivity contribution is -0.128. The van der Waals surface area contributed by atoms with Gasteiger partial charge in [-0.1, -0.05) is 13.8 Å². The van der Waals surface area contributed by atoms with Crippen molar-refractivity contribution in [3.63, 3.8) is 0 Å². The first-order valence-corrected chi connectivity index (χ1v) is 6.18. The molecule has 0 radical (unpaired) electrons. The van der Waals surface area contributed by atoms with Crippen LogP contribution < -0.4 is 5.48 Å². The molecule has 84 valence electrons. The number of carbonyl (C=O) groups is 1. The van der Waals surface area contributed by atoms with E-state index in [1.54, 1.807) is 0 Å². The van der Waals surface area contributed by atoms with E-state index >= 15 is 0 Å². The van der Waals surface area contributed by atoms with Crippen LogP contribution in [-0.2, 0) is 14.6 Å². The van der Waals surface area contributed by atoms with Gasteiger partial charge in [0.25, 0.3) is 5.91 Å². The van der Waals surface area contributed by atoms with Crippen molar-refractivity contribution in [2.45, 2.75) is 32.4 Å². The highest BCUT2D eigenvalue weighted by atomic mass is 32.2. The van der Waals surface area contributed by atoms with Crippen molar-refractivity contribution in [1.82, 2.24) is 5.48 Å². The molecular weight excluding hydrogens is 206 g/mol. The summed E-state index contributed by atoms with van der Waals surface area (Å²) in [6.45, 7) is 5.08. The number of nitrogens with one attached hydrogen (secondary N) is 1. The third-order valence-electron chi connectivity index (χ3n) is 2.00. The highest BCUT2D eigenvalue weighted by Gasteiger charge is 2.27. The van der Waals surface area contributed by atoms with Crippen LogP contribution in [0.2, 0.25) is 0 Å². The Labute approximate surface area is 84.4 Å². The number of amides is 1. The predicted molar refractivity (Wildman–Crippen MR) is 52.6 cm³/mol. The molecular formula is C8H17NO4S. The van der Waals surface area contributed by atoms with Crippen molar-refractivity contribution in [3.8, 4) is 0 Å². The molecule has 1 atom stereocenters. The highest BCUT2D eigenvalue weighted by Crippen LogP contribution is 2.08. The Bertz CT molecular complexity index is 284. The number of hydroxylamine groups is 1. The first-order chi connectivity index (χ1) is 6.31. The van der Waals surface area contributed by atoms with E-state index in [1.807, 2.05) is 13.8 Å². The van der Waals surface area contributed by atoms with E-state index in [1.165, 1.54) is 12.4 Å². The van der Waals surface area contributed by atoms with Crippen molar-refractivity contribution in [2.24, 2.45) is 5.92 Å². The molecule has 0 aromatic carbocycles. The first kappa shape index (κ1) is 13.4. The van der Waals surface area contributed by atoms with Gasteiger partial charge in [-0.2, -0.15) is 0 Å². The van der Waals surface area contributed by atoms with Gasteiger partial charge in [-0.3, -0.25) is 10.0 Å². The minimum atomic E-state index is -3.44. The largest absolute Gasteiger partial charge is 0.289 e. The monoisotopic (exact) mass is 223 g/mol. The van der Waals surface area contributed by atoms with Crippen LogP contribution in [0.15, 0.2) is 0 Å². The third-order valence-corrected chi connectivity index (χ3v) is 4.09. The van der Waals surface area contributed by atoms with Crippen LogP contribution in [0.5, 0.6) is 0 Å². The van der Waals surface area contributed by atoms with E-state index in [4.69, 9.17) is 5.21 Å². The minimum absolute atomic E-state index is 0.0285. The fourth-order valence-corrected chi connectivity index (χ4v) is 2.36. The minimum Gasteiger partial charge on any atom is -0.289 e. The summed E-state index contributed by atoms with van der Waals surface area (Å²) in [6.07, 6.45) is 0.519. The van der Waals surface area contributed by atoms with Crippen LogP contribution in [0.1, 0.15) is 27.2 Å². The van der Waals surface area contributed by atoms with Crippen LogP contribution in [0.4, 0.5) is 0 Å². The van der Waals surface area contributed by atoms with Gasteiger partial charge in [-0.25, -0.2) is 13.9 Å². The standard InChI is InChI=1S/C8H17NO4S/c1-6(2)4-5-14(12,13)7(3)8(10)9-11/h6-7,11H,4-5H2,1-3H3,(H,9,10). The molecule has 0 aliphatic rings. The van der Waals surface area contributed by atoms with Crippen LogP contribution in [0, 0.1) is 5.92 Å². The summed E-state index contributed by atoms with van der Waals surface area (Å²) in [5, 5.41) is 7.09. The van der Waals surface area contributed by atoms with Gasteiger partial charge in [0.15, 0.2) is 9.84 Å². The molecule has 14 heavy (non-hydrogen) atoms. The lowest BCUT2D eigenvalue weighted by Crippen LogP contribution is -2.37. The molecule has 1 unspecified atom stereocenters. The molecule has 2 N–H and O–H groups in total. The zero-order valence-electron chi connectivity index (χ0n) is 8.65. The molecule has 0 heterocycles. The molecule has 0 saturated carbocycles. The first-order valence-electron chi connectivity index (χ1n) is 4.46. The molecule has 0 aliphatic carbocycles. The maximum Gasteiger partial charge on any atom is 0.261 e. The lowest BCUT2D eigenvalue weighted by Gasteiger charge is -2.11. The smallest absolute Gasteiger partial charge is 0.261 e. The Morgan fingerprint density at radius 3 is 2.21 bits per heavy atom. The Morgan fingerprint density at radius 2 is 1.86 bits per heavy atom. The van der Waals surface area contributed by atoms with Gasteiger partial charge in [0.05, 0.1) is 5.75 Å². The maximum atomic E-state index is 11.5. The van der Waals surface area contributed by atoms with Gasteiger partial charge in [0.1, 0.15) is 5.25 Å². The summed E-state index contributed by atoms with van der Waals surface area (Å²) >= 11 is 0. The second kappa shape index (κ2) is 5.31. The van der Waals surface area contributed by atoms with Crippen molar-refractivity contribution in [1.29, 1.82) is 0 Å². The third kappa shape index (κ3) is 4.06. The van der Waals surface area contributed by atoms with E-state index < -0.39 is 21.0 Å². The fourth-order valence-electron chi connectivity index (χ4n) is 0.831. The van der Waals surface area contributed by atoms with E-state index in [0.717, 1.165) is 0 Å². The van der Waals surface area contributed by atoms with Gasteiger partial charge in [0.2, 0.25) is 0 Å². The fraction of sp³-hybridized carbons (Fsp3) is 0.875. The Hall–Kier alpha value is -0.620. The summed E-state index contributed by atoms with van der Waals surface area (Å²) in [6, 6.07) is 0. The summed E-state index contributed by atoms with van der Waals surface area (Å²) in [5.41, 5.74) is 1.34. The zero-order valence-corrected chi connectivity index (χ0v) is 9.47. The molecule has 0 saturated heterocycles. The molecule has 0 spiro atoms. The molecule has 6 heteroatoms. The van der Waals surface area contributed by atoms with Gasteiger partial charge in [-0.05, 0) is 19.3 Å². The topological polar surface area (TPSA) is 83.5 Å². The lowest BCUT2D eigenvalue weighted by atomic mass is 10.2. The van der Waals surface area contributed by atoms with Crippen LogP contribution in [-0.4, -0.2) is 30.5 Å². The summed E-state index contributed by atoms with van der Waals surface area (Å²) in [5.74, 6) is -0.637. The van der Waals surface area contributed by atoms with E-state index in [0.29, 0.717) is 6.42 Å². The molecule has 0 fully saturated rings. The van der Waals surface area contributed by atoms with Crippen LogP contribution >= 0.6 is 0 Å². The quantitative estimate of drug-likeness (QED) is 0.520. The average Bonchev–Trinajstić information content (AvgIpc) is 2.12.